The molecular formula is C21H30F3N3O3. The van der Waals surface area contributed by atoms with Gasteiger partial charge in [-0.05, 0) is 64.9 Å². The lowest BCUT2D eigenvalue weighted by molar-refractivity contribution is -0.149. The van der Waals surface area contributed by atoms with Crippen LogP contribution in [0.1, 0.15) is 39.2 Å². The van der Waals surface area contributed by atoms with E-state index >= 15 is 0 Å². The molecule has 0 radical (unpaired) electrons. The summed E-state index contributed by atoms with van der Waals surface area (Å²) in [6.07, 6.45) is -3.29. The van der Waals surface area contributed by atoms with Crippen LogP contribution in [0, 0.1) is 5.92 Å². The lowest BCUT2D eigenvalue weighted by Gasteiger charge is -2.30. The number of hydrogen-bond donors (Lipinski definition) is 1. The molecule has 1 aliphatic rings. The number of piperidine rings is 1. The molecule has 1 saturated heterocycles. The fraction of sp³-hybridized carbons (Fsp3) is 0.619. The molecule has 168 valence electrons. The summed E-state index contributed by atoms with van der Waals surface area (Å²) in [6.45, 7) is 8.29. The summed E-state index contributed by atoms with van der Waals surface area (Å²) < 4.78 is 44.5. The monoisotopic (exact) mass is 429 g/mol. The van der Waals surface area contributed by atoms with Gasteiger partial charge < -0.3 is 15.0 Å². The molecule has 1 fully saturated rings. The average Bonchev–Trinajstić information content (AvgIpc) is 2.69. The molecule has 0 unspecified atom stereocenters. The Morgan fingerprint density at radius 2 is 1.80 bits per heavy atom. The molecule has 2 rings (SSSR count). The Balaban J connectivity index is 2.05. The number of alkyl halides is 3. The van der Waals surface area contributed by atoms with Crippen LogP contribution in [0.15, 0.2) is 18.2 Å². The van der Waals surface area contributed by atoms with Crippen LogP contribution in [0.4, 0.5) is 24.5 Å². The second-order valence-corrected chi connectivity index (χ2v) is 7.25. The van der Waals surface area contributed by atoms with E-state index < -0.39 is 11.7 Å². The number of rotatable bonds is 8. The third-order valence-electron chi connectivity index (χ3n) is 5.28. The largest absolute Gasteiger partial charge is 0.466 e. The Hall–Kier alpha value is -2.29. The zero-order chi connectivity index (χ0) is 22.3. The van der Waals surface area contributed by atoms with Gasteiger partial charge in [-0.15, -0.1) is 0 Å². The molecule has 0 bridgehead atoms. The molecule has 0 spiro atoms. The van der Waals surface area contributed by atoms with E-state index in [9.17, 15) is 22.8 Å². The van der Waals surface area contributed by atoms with Crippen molar-refractivity contribution in [3.05, 3.63) is 23.8 Å². The van der Waals surface area contributed by atoms with Gasteiger partial charge in [0, 0.05) is 13.1 Å². The number of halogens is 3. The maximum atomic E-state index is 13.2. The molecule has 1 aromatic carbocycles. The van der Waals surface area contributed by atoms with Crippen molar-refractivity contribution in [3.8, 4) is 0 Å². The SMILES string of the molecule is CCOC(=O)C1CCN(CC(=O)Nc2cc(C(F)(F)F)ccc2N(CC)CC)CC1. The molecule has 0 atom stereocenters. The van der Waals surface area contributed by atoms with Gasteiger partial charge in [0.25, 0.3) is 0 Å². The van der Waals surface area contributed by atoms with E-state index in [1.807, 2.05) is 23.6 Å². The van der Waals surface area contributed by atoms with Gasteiger partial charge in [0.2, 0.25) is 5.91 Å². The Morgan fingerprint density at radius 3 is 2.33 bits per heavy atom. The topological polar surface area (TPSA) is 61.9 Å². The first kappa shape index (κ1) is 24.0. The third kappa shape index (κ3) is 6.35. The first-order valence-corrected chi connectivity index (χ1v) is 10.3. The molecule has 6 nitrogen and oxygen atoms in total. The molecular weight excluding hydrogens is 399 g/mol. The molecule has 1 amide bonds. The minimum Gasteiger partial charge on any atom is -0.466 e. The van der Waals surface area contributed by atoms with Gasteiger partial charge in [-0.1, -0.05) is 0 Å². The molecule has 0 saturated carbocycles. The van der Waals surface area contributed by atoms with Crippen LogP contribution in [0.2, 0.25) is 0 Å². The Kier molecular flexibility index (Phi) is 8.52. The summed E-state index contributed by atoms with van der Waals surface area (Å²) in [4.78, 5) is 28.2. The van der Waals surface area contributed by atoms with E-state index in [1.54, 1.807) is 6.92 Å². The Labute approximate surface area is 175 Å². The van der Waals surface area contributed by atoms with Crippen molar-refractivity contribution in [2.75, 3.05) is 49.5 Å². The number of benzene rings is 1. The second-order valence-electron chi connectivity index (χ2n) is 7.25. The molecule has 0 aromatic heterocycles. The van der Waals surface area contributed by atoms with Crippen molar-refractivity contribution in [1.82, 2.24) is 4.90 Å². The number of likely N-dealkylation sites (tertiary alicyclic amines) is 1. The van der Waals surface area contributed by atoms with Gasteiger partial charge >= 0.3 is 12.1 Å². The van der Waals surface area contributed by atoms with Crippen LogP contribution in [0.25, 0.3) is 0 Å². The number of ether oxygens (including phenoxy) is 1. The highest BCUT2D eigenvalue weighted by atomic mass is 19.4. The average molecular weight is 429 g/mol. The van der Waals surface area contributed by atoms with Gasteiger partial charge in [0.05, 0.1) is 36.0 Å². The Bertz CT molecular complexity index is 728. The van der Waals surface area contributed by atoms with Crippen LogP contribution in [0.5, 0.6) is 0 Å². The summed E-state index contributed by atoms with van der Waals surface area (Å²) in [5, 5.41) is 2.66. The number of hydrogen-bond acceptors (Lipinski definition) is 5. The predicted octanol–water partition coefficient (Wildman–Crippen LogP) is 3.77. The lowest BCUT2D eigenvalue weighted by Crippen LogP contribution is -2.41. The van der Waals surface area contributed by atoms with Crippen LogP contribution in [-0.2, 0) is 20.5 Å². The van der Waals surface area contributed by atoms with Crippen molar-refractivity contribution in [1.29, 1.82) is 0 Å². The highest BCUT2D eigenvalue weighted by molar-refractivity contribution is 5.95. The maximum absolute atomic E-state index is 13.2. The van der Waals surface area contributed by atoms with Gasteiger partial charge in [-0.25, -0.2) is 0 Å². The molecule has 1 aliphatic heterocycles. The molecule has 0 aliphatic carbocycles. The minimum atomic E-state index is -4.49. The van der Waals surface area contributed by atoms with Crippen LogP contribution in [-0.4, -0.2) is 56.1 Å². The predicted molar refractivity (Wildman–Crippen MR) is 109 cm³/mol. The summed E-state index contributed by atoms with van der Waals surface area (Å²) >= 11 is 0. The number of carbonyl (C=O) groups excluding carboxylic acids is 2. The number of amides is 1. The van der Waals surface area contributed by atoms with E-state index in [0.29, 0.717) is 51.3 Å². The summed E-state index contributed by atoms with van der Waals surface area (Å²) in [7, 11) is 0. The van der Waals surface area contributed by atoms with Crippen molar-refractivity contribution < 1.29 is 27.5 Å². The highest BCUT2D eigenvalue weighted by Crippen LogP contribution is 2.35. The molecule has 1 aromatic rings. The van der Waals surface area contributed by atoms with Crippen molar-refractivity contribution in [2.24, 2.45) is 5.92 Å². The molecule has 1 N–H and O–H groups in total. The fourth-order valence-electron chi connectivity index (χ4n) is 3.63. The van der Waals surface area contributed by atoms with Crippen molar-refractivity contribution in [3.63, 3.8) is 0 Å². The van der Waals surface area contributed by atoms with Gasteiger partial charge in [0.15, 0.2) is 0 Å². The minimum absolute atomic E-state index is 0.0590. The van der Waals surface area contributed by atoms with Gasteiger partial charge in [0.1, 0.15) is 0 Å². The second kappa shape index (κ2) is 10.7. The van der Waals surface area contributed by atoms with E-state index in [4.69, 9.17) is 4.74 Å². The fourth-order valence-corrected chi connectivity index (χ4v) is 3.63. The molecule has 9 heteroatoms. The number of anilines is 2. The Morgan fingerprint density at radius 1 is 1.17 bits per heavy atom. The number of nitrogens with zero attached hydrogens (tertiary/aromatic N) is 2. The smallest absolute Gasteiger partial charge is 0.416 e. The first-order chi connectivity index (χ1) is 14.2. The lowest BCUT2D eigenvalue weighted by atomic mass is 9.97. The quantitative estimate of drug-likeness (QED) is 0.638. The third-order valence-corrected chi connectivity index (χ3v) is 5.28. The van der Waals surface area contributed by atoms with Gasteiger partial charge in [-0.2, -0.15) is 13.2 Å². The summed E-state index contributed by atoms with van der Waals surface area (Å²) in [6, 6.07) is 3.41. The van der Waals surface area contributed by atoms with Crippen molar-refractivity contribution in [2.45, 2.75) is 39.8 Å². The highest BCUT2D eigenvalue weighted by Gasteiger charge is 2.32. The van der Waals surface area contributed by atoms with Crippen LogP contribution >= 0.6 is 0 Å². The van der Waals surface area contributed by atoms with E-state index in [-0.39, 0.29) is 30.0 Å². The molecule has 30 heavy (non-hydrogen) atoms. The van der Waals surface area contributed by atoms with Crippen LogP contribution < -0.4 is 10.2 Å². The first-order valence-electron chi connectivity index (χ1n) is 10.3. The molecule has 1 heterocycles. The standard InChI is InChI=1S/C21H30F3N3O3/c1-4-27(5-2)18-8-7-16(21(22,23)24)13-17(18)25-19(28)14-26-11-9-15(10-12-26)20(29)30-6-3/h7-8,13,15H,4-6,9-12,14H2,1-3H3,(H,25,28). The summed E-state index contributed by atoms with van der Waals surface area (Å²) in [5.41, 5.74) is -0.0914. The zero-order valence-corrected chi connectivity index (χ0v) is 17.7. The number of carbonyl (C=O) groups is 2. The number of nitrogens with one attached hydrogen (secondary N) is 1. The van der Waals surface area contributed by atoms with Crippen molar-refractivity contribution >= 4 is 23.3 Å². The van der Waals surface area contributed by atoms with E-state index in [2.05, 4.69) is 5.32 Å². The number of esters is 1. The zero-order valence-electron chi connectivity index (χ0n) is 17.7. The van der Waals surface area contributed by atoms with E-state index in [0.717, 1.165) is 12.1 Å². The van der Waals surface area contributed by atoms with Gasteiger partial charge in [-0.3, -0.25) is 14.5 Å². The normalized spacial score (nSPS) is 15.7. The van der Waals surface area contributed by atoms with Crippen LogP contribution in [0.3, 0.4) is 0 Å². The summed E-state index contributed by atoms with van der Waals surface area (Å²) in [5.74, 6) is -0.756. The van der Waals surface area contributed by atoms with E-state index in [1.165, 1.54) is 6.07 Å². The maximum Gasteiger partial charge on any atom is 0.416 e.